The standard InChI is InChI=1S/C17H14FNO3/c18-14-2-1-3-15(11-14)22-9-8-19-7-6-12-4-5-13(17(20)21)10-16(12)19/h1-7,10-11H,8-9H2,(H,20,21). The smallest absolute Gasteiger partial charge is 0.335 e. The second kappa shape index (κ2) is 5.89. The van der Waals surface area contributed by atoms with Crippen molar-refractivity contribution in [2.45, 2.75) is 6.54 Å². The van der Waals surface area contributed by atoms with E-state index in [1.54, 1.807) is 30.3 Å². The van der Waals surface area contributed by atoms with E-state index >= 15 is 0 Å². The number of carboxylic acid groups (broad SMARTS) is 1. The summed E-state index contributed by atoms with van der Waals surface area (Å²) >= 11 is 0. The summed E-state index contributed by atoms with van der Waals surface area (Å²) in [5.74, 6) is -0.816. The van der Waals surface area contributed by atoms with Crippen LogP contribution in [0, 0.1) is 5.82 Å². The van der Waals surface area contributed by atoms with Gasteiger partial charge in [-0.2, -0.15) is 0 Å². The van der Waals surface area contributed by atoms with Gasteiger partial charge in [0.25, 0.3) is 0 Å². The zero-order chi connectivity index (χ0) is 15.5. The molecule has 0 saturated heterocycles. The van der Waals surface area contributed by atoms with Gasteiger partial charge in [-0.25, -0.2) is 9.18 Å². The Bertz CT molecular complexity index is 826. The van der Waals surface area contributed by atoms with Crippen LogP contribution in [0.15, 0.2) is 54.7 Å². The molecule has 1 heterocycles. The largest absolute Gasteiger partial charge is 0.492 e. The van der Waals surface area contributed by atoms with E-state index in [-0.39, 0.29) is 11.4 Å². The second-order valence-corrected chi connectivity index (χ2v) is 4.89. The molecule has 0 aliphatic heterocycles. The van der Waals surface area contributed by atoms with Crippen LogP contribution in [0.25, 0.3) is 10.9 Å². The molecule has 0 bridgehead atoms. The van der Waals surface area contributed by atoms with Gasteiger partial charge in [0.15, 0.2) is 0 Å². The third-order valence-electron chi connectivity index (χ3n) is 3.42. The normalized spacial score (nSPS) is 10.8. The third kappa shape index (κ3) is 2.93. The van der Waals surface area contributed by atoms with Crippen molar-refractivity contribution in [2.24, 2.45) is 0 Å². The summed E-state index contributed by atoms with van der Waals surface area (Å²) in [6.07, 6.45) is 1.88. The van der Waals surface area contributed by atoms with Crippen LogP contribution in [0.4, 0.5) is 4.39 Å². The van der Waals surface area contributed by atoms with Gasteiger partial charge in [0.05, 0.1) is 12.1 Å². The van der Waals surface area contributed by atoms with Crippen LogP contribution in [-0.2, 0) is 6.54 Å². The van der Waals surface area contributed by atoms with E-state index in [0.717, 1.165) is 10.9 Å². The molecule has 3 aromatic rings. The fraction of sp³-hybridized carbons (Fsp3) is 0.118. The zero-order valence-electron chi connectivity index (χ0n) is 11.7. The van der Waals surface area contributed by atoms with Crippen LogP contribution in [0.3, 0.4) is 0 Å². The summed E-state index contributed by atoms with van der Waals surface area (Å²) in [6, 6.07) is 12.9. The monoisotopic (exact) mass is 299 g/mol. The average Bonchev–Trinajstić information content (AvgIpc) is 2.90. The van der Waals surface area contributed by atoms with E-state index in [2.05, 4.69) is 0 Å². The van der Waals surface area contributed by atoms with Crippen LogP contribution < -0.4 is 4.74 Å². The molecule has 0 amide bonds. The fourth-order valence-electron chi connectivity index (χ4n) is 2.33. The Hall–Kier alpha value is -2.82. The predicted molar refractivity (Wildman–Crippen MR) is 80.8 cm³/mol. The van der Waals surface area contributed by atoms with Gasteiger partial charge in [-0.3, -0.25) is 0 Å². The quantitative estimate of drug-likeness (QED) is 0.783. The molecule has 1 N–H and O–H groups in total. The number of halogens is 1. The molecule has 0 unspecified atom stereocenters. The molecule has 0 radical (unpaired) electrons. The first-order chi connectivity index (χ1) is 10.6. The lowest BCUT2D eigenvalue weighted by molar-refractivity contribution is 0.0697. The maximum Gasteiger partial charge on any atom is 0.335 e. The molecular weight excluding hydrogens is 285 g/mol. The van der Waals surface area contributed by atoms with Crippen molar-refractivity contribution in [1.29, 1.82) is 0 Å². The molecule has 5 heteroatoms. The highest BCUT2D eigenvalue weighted by Gasteiger charge is 2.07. The Morgan fingerprint density at radius 3 is 2.82 bits per heavy atom. The van der Waals surface area contributed by atoms with Crippen LogP contribution in [0.1, 0.15) is 10.4 Å². The topological polar surface area (TPSA) is 51.5 Å². The van der Waals surface area contributed by atoms with E-state index in [9.17, 15) is 9.18 Å². The number of fused-ring (bicyclic) bond motifs is 1. The predicted octanol–water partition coefficient (Wildman–Crippen LogP) is 3.56. The van der Waals surface area contributed by atoms with Gasteiger partial charge in [0, 0.05) is 17.8 Å². The van der Waals surface area contributed by atoms with Gasteiger partial charge in [-0.1, -0.05) is 12.1 Å². The van der Waals surface area contributed by atoms with Gasteiger partial charge in [-0.15, -0.1) is 0 Å². The molecule has 4 nitrogen and oxygen atoms in total. The molecule has 0 aliphatic rings. The highest BCUT2D eigenvalue weighted by molar-refractivity contribution is 5.93. The van der Waals surface area contributed by atoms with Crippen LogP contribution in [0.2, 0.25) is 0 Å². The van der Waals surface area contributed by atoms with Gasteiger partial charge in [0.2, 0.25) is 0 Å². The van der Waals surface area contributed by atoms with Crippen molar-refractivity contribution < 1.29 is 19.0 Å². The molecule has 0 spiro atoms. The number of aromatic nitrogens is 1. The lowest BCUT2D eigenvalue weighted by Gasteiger charge is -2.08. The van der Waals surface area contributed by atoms with Crippen LogP contribution in [-0.4, -0.2) is 22.2 Å². The SMILES string of the molecule is O=C(O)c1ccc2ccn(CCOc3cccc(F)c3)c2c1. The van der Waals surface area contributed by atoms with E-state index in [0.29, 0.717) is 18.9 Å². The minimum Gasteiger partial charge on any atom is -0.492 e. The summed E-state index contributed by atoms with van der Waals surface area (Å²) in [4.78, 5) is 11.0. The highest BCUT2D eigenvalue weighted by atomic mass is 19.1. The molecule has 112 valence electrons. The number of hydrogen-bond acceptors (Lipinski definition) is 2. The van der Waals surface area contributed by atoms with Gasteiger partial charge in [0.1, 0.15) is 18.2 Å². The third-order valence-corrected chi connectivity index (χ3v) is 3.42. The molecule has 0 fully saturated rings. The van der Waals surface area contributed by atoms with Crippen molar-refractivity contribution in [3.8, 4) is 5.75 Å². The number of nitrogens with zero attached hydrogens (tertiary/aromatic N) is 1. The molecule has 0 aliphatic carbocycles. The molecule has 2 aromatic carbocycles. The van der Waals surface area contributed by atoms with E-state index in [4.69, 9.17) is 9.84 Å². The summed E-state index contributed by atoms with van der Waals surface area (Å²) < 4.78 is 20.5. The van der Waals surface area contributed by atoms with Crippen molar-refractivity contribution >= 4 is 16.9 Å². The number of rotatable bonds is 5. The summed E-state index contributed by atoms with van der Waals surface area (Å²) in [5, 5.41) is 10.0. The van der Waals surface area contributed by atoms with Crippen molar-refractivity contribution in [2.75, 3.05) is 6.61 Å². The summed E-state index contributed by atoms with van der Waals surface area (Å²) in [6.45, 7) is 0.910. The van der Waals surface area contributed by atoms with Gasteiger partial charge < -0.3 is 14.4 Å². The van der Waals surface area contributed by atoms with Gasteiger partial charge >= 0.3 is 5.97 Å². The molecule has 0 saturated carbocycles. The first kappa shape index (κ1) is 14.1. The maximum absolute atomic E-state index is 13.1. The Morgan fingerprint density at radius 2 is 2.05 bits per heavy atom. The molecular formula is C17H14FNO3. The molecule has 3 rings (SSSR count). The molecule has 22 heavy (non-hydrogen) atoms. The number of carboxylic acids is 1. The van der Waals surface area contributed by atoms with E-state index < -0.39 is 5.97 Å². The lowest BCUT2D eigenvalue weighted by atomic mass is 10.2. The van der Waals surface area contributed by atoms with Crippen molar-refractivity contribution in [3.63, 3.8) is 0 Å². The Morgan fingerprint density at radius 1 is 1.18 bits per heavy atom. The minimum atomic E-state index is -0.953. The summed E-state index contributed by atoms with van der Waals surface area (Å²) in [5.41, 5.74) is 1.08. The van der Waals surface area contributed by atoms with Crippen molar-refractivity contribution in [3.05, 3.63) is 66.1 Å². The number of carbonyl (C=O) groups is 1. The lowest BCUT2D eigenvalue weighted by Crippen LogP contribution is -2.07. The van der Waals surface area contributed by atoms with Crippen molar-refractivity contribution in [1.82, 2.24) is 4.57 Å². The summed E-state index contributed by atoms with van der Waals surface area (Å²) in [7, 11) is 0. The average molecular weight is 299 g/mol. The number of ether oxygens (including phenoxy) is 1. The van der Waals surface area contributed by atoms with E-state index in [1.165, 1.54) is 12.1 Å². The fourth-order valence-corrected chi connectivity index (χ4v) is 2.33. The van der Waals surface area contributed by atoms with Crippen LogP contribution >= 0.6 is 0 Å². The number of hydrogen-bond donors (Lipinski definition) is 1. The first-order valence-electron chi connectivity index (χ1n) is 6.84. The Balaban J connectivity index is 1.73. The van der Waals surface area contributed by atoms with E-state index in [1.807, 2.05) is 16.8 Å². The van der Waals surface area contributed by atoms with Crippen LogP contribution in [0.5, 0.6) is 5.75 Å². The molecule has 0 atom stereocenters. The number of aromatic carboxylic acids is 1. The minimum absolute atomic E-state index is 0.249. The van der Waals surface area contributed by atoms with Gasteiger partial charge in [-0.05, 0) is 35.7 Å². The highest BCUT2D eigenvalue weighted by Crippen LogP contribution is 2.18. The second-order valence-electron chi connectivity index (χ2n) is 4.89. The maximum atomic E-state index is 13.1. The number of benzene rings is 2. The zero-order valence-corrected chi connectivity index (χ0v) is 11.7. The Labute approximate surface area is 126 Å². The Kier molecular flexibility index (Phi) is 3.78. The first-order valence-corrected chi connectivity index (χ1v) is 6.84. The molecule has 1 aromatic heterocycles.